The van der Waals surface area contributed by atoms with E-state index in [4.69, 9.17) is 0 Å². The highest BCUT2D eigenvalue weighted by molar-refractivity contribution is 5.86. The Labute approximate surface area is 124 Å². The van der Waals surface area contributed by atoms with Crippen LogP contribution in [0.5, 0.6) is 0 Å². The second kappa shape index (κ2) is 7.06. The molecule has 0 unspecified atom stereocenters. The molecule has 1 aromatic carbocycles. The summed E-state index contributed by atoms with van der Waals surface area (Å²) in [6, 6.07) is 5.73. The van der Waals surface area contributed by atoms with Gasteiger partial charge in [-0.3, -0.25) is 9.59 Å². The van der Waals surface area contributed by atoms with Crippen LogP contribution in [0.2, 0.25) is 0 Å². The maximum atomic E-state index is 12.7. The van der Waals surface area contributed by atoms with Gasteiger partial charge in [-0.2, -0.15) is 0 Å². The predicted octanol–water partition coefficient (Wildman–Crippen LogP) is 1.61. The lowest BCUT2D eigenvalue weighted by Crippen LogP contribution is -2.47. The molecule has 0 heterocycles. The molecule has 0 saturated carbocycles. The molecule has 21 heavy (non-hydrogen) atoms. The van der Waals surface area contributed by atoms with Crippen LogP contribution in [0.15, 0.2) is 24.3 Å². The normalized spacial score (nSPS) is 10.9. The first-order chi connectivity index (χ1) is 9.67. The molecule has 1 aromatic rings. The molecular weight excluding hydrogens is 273 g/mol. The molecule has 0 aromatic heterocycles. The third-order valence-corrected chi connectivity index (χ3v) is 2.61. The SMILES string of the molecule is CN(CC(=O)NC(C)(C)C)C(=O)CNc1ccc(F)cc1. The topological polar surface area (TPSA) is 61.4 Å². The number of carbonyl (C=O) groups is 2. The van der Waals surface area contributed by atoms with Gasteiger partial charge >= 0.3 is 0 Å². The highest BCUT2D eigenvalue weighted by atomic mass is 19.1. The van der Waals surface area contributed by atoms with Crippen molar-refractivity contribution in [2.45, 2.75) is 26.3 Å². The van der Waals surface area contributed by atoms with Gasteiger partial charge in [0, 0.05) is 18.3 Å². The summed E-state index contributed by atoms with van der Waals surface area (Å²) in [6.07, 6.45) is 0. The molecule has 0 aliphatic heterocycles. The fourth-order valence-corrected chi connectivity index (χ4v) is 1.64. The van der Waals surface area contributed by atoms with Gasteiger partial charge in [-0.25, -0.2) is 4.39 Å². The van der Waals surface area contributed by atoms with Crippen molar-refractivity contribution in [3.05, 3.63) is 30.1 Å². The van der Waals surface area contributed by atoms with E-state index in [0.29, 0.717) is 5.69 Å². The maximum Gasteiger partial charge on any atom is 0.242 e. The van der Waals surface area contributed by atoms with E-state index in [2.05, 4.69) is 10.6 Å². The molecule has 2 amide bonds. The molecule has 116 valence electrons. The lowest BCUT2D eigenvalue weighted by molar-refractivity contribution is -0.133. The Kier molecular flexibility index (Phi) is 5.69. The third-order valence-electron chi connectivity index (χ3n) is 2.61. The summed E-state index contributed by atoms with van der Waals surface area (Å²) < 4.78 is 12.7. The maximum absolute atomic E-state index is 12.7. The Bertz CT molecular complexity index is 495. The number of nitrogens with one attached hydrogen (secondary N) is 2. The first kappa shape index (κ1) is 16.9. The van der Waals surface area contributed by atoms with Gasteiger partial charge in [0.1, 0.15) is 5.82 Å². The molecule has 0 spiro atoms. The molecule has 0 atom stereocenters. The van der Waals surface area contributed by atoms with Crippen molar-refractivity contribution in [1.82, 2.24) is 10.2 Å². The van der Waals surface area contributed by atoms with Gasteiger partial charge in [0.05, 0.1) is 13.1 Å². The lowest BCUT2D eigenvalue weighted by Gasteiger charge is -2.23. The molecule has 0 bridgehead atoms. The molecule has 0 aliphatic rings. The molecule has 0 fully saturated rings. The Balaban J connectivity index is 2.40. The van der Waals surface area contributed by atoms with E-state index in [1.807, 2.05) is 20.8 Å². The standard InChI is InChI=1S/C15H22FN3O2/c1-15(2,3)18-13(20)10-19(4)14(21)9-17-12-7-5-11(16)6-8-12/h5-8,17H,9-10H2,1-4H3,(H,18,20). The van der Waals surface area contributed by atoms with Crippen LogP contribution in [-0.2, 0) is 9.59 Å². The smallest absolute Gasteiger partial charge is 0.242 e. The summed E-state index contributed by atoms with van der Waals surface area (Å²) in [7, 11) is 1.57. The molecule has 6 heteroatoms. The monoisotopic (exact) mass is 295 g/mol. The number of nitrogens with zero attached hydrogens (tertiary/aromatic N) is 1. The Morgan fingerprint density at radius 3 is 2.29 bits per heavy atom. The number of hydrogen-bond acceptors (Lipinski definition) is 3. The van der Waals surface area contributed by atoms with Crippen molar-refractivity contribution in [3.8, 4) is 0 Å². The number of likely N-dealkylation sites (N-methyl/N-ethyl adjacent to an activating group) is 1. The summed E-state index contributed by atoms with van der Waals surface area (Å²) in [5.74, 6) is -0.758. The average molecular weight is 295 g/mol. The Hall–Kier alpha value is -2.11. The van der Waals surface area contributed by atoms with Crippen LogP contribution >= 0.6 is 0 Å². The molecule has 0 radical (unpaired) electrons. The molecule has 0 saturated heterocycles. The van der Waals surface area contributed by atoms with Crippen molar-refractivity contribution < 1.29 is 14.0 Å². The molecular formula is C15H22FN3O2. The van der Waals surface area contributed by atoms with Crippen LogP contribution in [0.4, 0.5) is 10.1 Å². The van der Waals surface area contributed by atoms with E-state index in [1.54, 1.807) is 19.2 Å². The van der Waals surface area contributed by atoms with Gasteiger partial charge in [0.2, 0.25) is 11.8 Å². The fourth-order valence-electron chi connectivity index (χ4n) is 1.64. The number of hydrogen-bond donors (Lipinski definition) is 2. The number of halogens is 1. The van der Waals surface area contributed by atoms with Gasteiger partial charge in [-0.05, 0) is 45.0 Å². The van der Waals surface area contributed by atoms with E-state index < -0.39 is 0 Å². The summed E-state index contributed by atoms with van der Waals surface area (Å²) >= 11 is 0. The van der Waals surface area contributed by atoms with Gasteiger partial charge in [0.15, 0.2) is 0 Å². The first-order valence-corrected chi connectivity index (χ1v) is 6.72. The number of amides is 2. The first-order valence-electron chi connectivity index (χ1n) is 6.72. The third kappa shape index (κ3) is 6.74. The van der Waals surface area contributed by atoms with E-state index in [0.717, 1.165) is 0 Å². The summed E-state index contributed by atoms with van der Waals surface area (Å²) in [4.78, 5) is 25.0. The lowest BCUT2D eigenvalue weighted by atomic mass is 10.1. The van der Waals surface area contributed by atoms with E-state index >= 15 is 0 Å². The summed E-state index contributed by atoms with van der Waals surface area (Å²) in [6.45, 7) is 5.68. The number of anilines is 1. The zero-order chi connectivity index (χ0) is 16.0. The van der Waals surface area contributed by atoms with Crippen LogP contribution in [0.1, 0.15) is 20.8 Å². The van der Waals surface area contributed by atoms with Crippen LogP contribution in [0.25, 0.3) is 0 Å². The molecule has 0 aliphatic carbocycles. The Morgan fingerprint density at radius 1 is 1.19 bits per heavy atom. The number of benzene rings is 1. The van der Waals surface area contributed by atoms with Gasteiger partial charge < -0.3 is 15.5 Å². The van der Waals surface area contributed by atoms with Crippen molar-refractivity contribution in [2.75, 3.05) is 25.5 Å². The minimum Gasteiger partial charge on any atom is -0.376 e. The van der Waals surface area contributed by atoms with Gasteiger partial charge in [-0.15, -0.1) is 0 Å². The average Bonchev–Trinajstić information content (AvgIpc) is 2.35. The zero-order valence-electron chi connectivity index (χ0n) is 12.9. The van der Waals surface area contributed by atoms with E-state index in [1.165, 1.54) is 17.0 Å². The van der Waals surface area contributed by atoms with Crippen LogP contribution in [-0.4, -0.2) is 42.4 Å². The number of carbonyl (C=O) groups excluding carboxylic acids is 2. The fraction of sp³-hybridized carbons (Fsp3) is 0.467. The van der Waals surface area contributed by atoms with Gasteiger partial charge in [0.25, 0.3) is 0 Å². The highest BCUT2D eigenvalue weighted by Crippen LogP contribution is 2.07. The highest BCUT2D eigenvalue weighted by Gasteiger charge is 2.17. The molecule has 2 N–H and O–H groups in total. The van der Waals surface area contributed by atoms with Crippen molar-refractivity contribution in [1.29, 1.82) is 0 Å². The van der Waals surface area contributed by atoms with Crippen molar-refractivity contribution in [2.24, 2.45) is 0 Å². The predicted molar refractivity (Wildman–Crippen MR) is 80.4 cm³/mol. The van der Waals surface area contributed by atoms with Crippen LogP contribution in [0.3, 0.4) is 0 Å². The van der Waals surface area contributed by atoms with Crippen molar-refractivity contribution >= 4 is 17.5 Å². The summed E-state index contributed by atoms with van der Waals surface area (Å²) in [5, 5.41) is 5.67. The van der Waals surface area contributed by atoms with E-state index in [9.17, 15) is 14.0 Å². The molecule has 5 nitrogen and oxygen atoms in total. The van der Waals surface area contributed by atoms with Gasteiger partial charge in [-0.1, -0.05) is 0 Å². The quantitative estimate of drug-likeness (QED) is 0.867. The second-order valence-corrected chi connectivity index (χ2v) is 5.91. The van der Waals surface area contributed by atoms with E-state index in [-0.39, 0.29) is 36.3 Å². The minimum absolute atomic E-state index is 0.00119. The van der Waals surface area contributed by atoms with Crippen LogP contribution < -0.4 is 10.6 Å². The second-order valence-electron chi connectivity index (χ2n) is 5.91. The summed E-state index contributed by atoms with van der Waals surface area (Å²) in [5.41, 5.74) is 0.324. The van der Waals surface area contributed by atoms with Crippen LogP contribution in [0, 0.1) is 5.82 Å². The number of rotatable bonds is 5. The molecule has 1 rings (SSSR count). The minimum atomic E-state index is -0.331. The zero-order valence-corrected chi connectivity index (χ0v) is 12.9. The van der Waals surface area contributed by atoms with Crippen molar-refractivity contribution in [3.63, 3.8) is 0 Å². The Morgan fingerprint density at radius 2 is 1.76 bits per heavy atom. The largest absolute Gasteiger partial charge is 0.376 e.